The van der Waals surface area contributed by atoms with Crippen LogP contribution in [0, 0.1) is 5.82 Å². The van der Waals surface area contributed by atoms with E-state index in [1.807, 2.05) is 0 Å². The maximum Gasteiger partial charge on any atom is 0.307 e. The third-order valence-electron chi connectivity index (χ3n) is 3.02. The second kappa shape index (κ2) is 6.62. The molecule has 21 heavy (non-hydrogen) atoms. The lowest BCUT2D eigenvalue weighted by Gasteiger charge is -2.10. The fourth-order valence-corrected chi connectivity index (χ4v) is 2.44. The Morgan fingerprint density at radius 3 is 2.86 bits per heavy atom. The van der Waals surface area contributed by atoms with Gasteiger partial charge in [0, 0.05) is 12.6 Å². The summed E-state index contributed by atoms with van der Waals surface area (Å²) in [5.74, 6) is -0.272. The molecule has 0 spiro atoms. The van der Waals surface area contributed by atoms with Crippen LogP contribution >= 0.6 is 23.2 Å². The number of rotatable bonds is 5. The second-order valence-corrected chi connectivity index (χ2v) is 5.61. The number of imidazole rings is 1. The number of nitrogens with zero attached hydrogens (tertiary/aromatic N) is 2. The first-order valence-corrected chi connectivity index (χ1v) is 7.40. The van der Waals surface area contributed by atoms with Crippen LogP contribution in [0.15, 0.2) is 12.1 Å². The number of benzene rings is 1. The Hall–Kier alpha value is -1.33. The highest BCUT2D eigenvalue weighted by Gasteiger charge is 2.17. The fourth-order valence-electron chi connectivity index (χ4n) is 2.11. The van der Waals surface area contributed by atoms with E-state index in [1.165, 1.54) is 12.1 Å². The Labute approximate surface area is 131 Å². The number of carbonyl (C=O) groups excluding carboxylic acids is 1. The smallest absolute Gasteiger partial charge is 0.307 e. The van der Waals surface area contributed by atoms with Gasteiger partial charge < -0.3 is 9.30 Å². The average Bonchev–Trinajstić information content (AvgIpc) is 2.75. The van der Waals surface area contributed by atoms with Gasteiger partial charge in [-0.2, -0.15) is 0 Å². The number of halogens is 3. The molecule has 2 rings (SSSR count). The Kier molecular flexibility index (Phi) is 5.06. The van der Waals surface area contributed by atoms with Crippen LogP contribution in [0.4, 0.5) is 4.39 Å². The lowest BCUT2D eigenvalue weighted by atomic mass is 10.3. The van der Waals surface area contributed by atoms with E-state index < -0.39 is 5.82 Å². The lowest BCUT2D eigenvalue weighted by molar-refractivity contribution is -0.143. The first-order chi connectivity index (χ1) is 9.93. The quantitative estimate of drug-likeness (QED) is 0.612. The van der Waals surface area contributed by atoms with Gasteiger partial charge >= 0.3 is 5.97 Å². The molecular formula is C14H15Cl2FN2O2. The molecule has 1 unspecified atom stereocenters. The van der Waals surface area contributed by atoms with Crippen molar-refractivity contribution < 1.29 is 13.9 Å². The summed E-state index contributed by atoms with van der Waals surface area (Å²) in [6, 6.07) is 2.76. The largest absolute Gasteiger partial charge is 0.466 e. The Morgan fingerprint density at radius 2 is 2.24 bits per heavy atom. The fraction of sp³-hybridized carbons (Fsp3) is 0.429. The number of hydrogen-bond acceptors (Lipinski definition) is 3. The summed E-state index contributed by atoms with van der Waals surface area (Å²) in [5.41, 5.74) is 1.11. The van der Waals surface area contributed by atoms with Gasteiger partial charge in [-0.25, -0.2) is 9.37 Å². The van der Waals surface area contributed by atoms with Crippen LogP contribution in [0.25, 0.3) is 11.0 Å². The summed E-state index contributed by atoms with van der Waals surface area (Å²) in [6.07, 6.45) is 0.185. The predicted molar refractivity (Wildman–Crippen MR) is 80.2 cm³/mol. The van der Waals surface area contributed by atoms with Gasteiger partial charge in [-0.05, 0) is 19.9 Å². The molecule has 0 saturated carbocycles. The molecule has 4 nitrogen and oxygen atoms in total. The van der Waals surface area contributed by atoms with Crippen molar-refractivity contribution >= 4 is 40.2 Å². The van der Waals surface area contributed by atoms with E-state index in [4.69, 9.17) is 27.9 Å². The van der Waals surface area contributed by atoms with Gasteiger partial charge in [-0.3, -0.25) is 4.79 Å². The summed E-state index contributed by atoms with van der Waals surface area (Å²) in [5, 5.41) is -0.366. The highest BCUT2D eigenvalue weighted by Crippen LogP contribution is 2.28. The van der Waals surface area contributed by atoms with E-state index in [-0.39, 0.29) is 22.8 Å². The van der Waals surface area contributed by atoms with Gasteiger partial charge in [-0.15, -0.1) is 11.6 Å². The minimum Gasteiger partial charge on any atom is -0.466 e. The van der Waals surface area contributed by atoms with E-state index in [2.05, 4.69) is 4.98 Å². The number of aryl methyl sites for hydroxylation is 1. The monoisotopic (exact) mass is 332 g/mol. The lowest BCUT2D eigenvalue weighted by Crippen LogP contribution is -2.11. The van der Waals surface area contributed by atoms with Crippen molar-refractivity contribution in [2.24, 2.45) is 0 Å². The topological polar surface area (TPSA) is 44.1 Å². The molecule has 2 aromatic rings. The number of esters is 1. The zero-order valence-corrected chi connectivity index (χ0v) is 13.2. The molecule has 1 aromatic carbocycles. The van der Waals surface area contributed by atoms with Crippen LogP contribution in [0.2, 0.25) is 5.02 Å². The maximum absolute atomic E-state index is 13.5. The third kappa shape index (κ3) is 3.47. The van der Waals surface area contributed by atoms with Crippen LogP contribution in [0.5, 0.6) is 0 Å². The van der Waals surface area contributed by atoms with Gasteiger partial charge in [0.05, 0.1) is 34.5 Å². The van der Waals surface area contributed by atoms with Crippen LogP contribution in [0.1, 0.15) is 31.5 Å². The molecule has 0 bridgehead atoms. The molecule has 0 radical (unpaired) electrons. The number of fused-ring (bicyclic) bond motifs is 1. The number of aromatic nitrogens is 2. The summed E-state index contributed by atoms with van der Waals surface area (Å²) in [7, 11) is 0. The molecule has 0 aliphatic carbocycles. The summed E-state index contributed by atoms with van der Waals surface area (Å²) in [4.78, 5) is 15.8. The van der Waals surface area contributed by atoms with E-state index in [0.717, 1.165) is 0 Å². The molecule has 7 heteroatoms. The van der Waals surface area contributed by atoms with Gasteiger partial charge in [0.1, 0.15) is 11.6 Å². The van der Waals surface area contributed by atoms with Gasteiger partial charge in [0.15, 0.2) is 0 Å². The molecule has 1 atom stereocenters. The van der Waals surface area contributed by atoms with Crippen molar-refractivity contribution in [1.82, 2.24) is 9.55 Å². The number of hydrogen-bond donors (Lipinski definition) is 0. The van der Waals surface area contributed by atoms with Crippen molar-refractivity contribution in [3.8, 4) is 0 Å². The van der Waals surface area contributed by atoms with Crippen molar-refractivity contribution in [2.75, 3.05) is 6.61 Å². The Morgan fingerprint density at radius 1 is 1.52 bits per heavy atom. The molecule has 0 saturated heterocycles. The van der Waals surface area contributed by atoms with Gasteiger partial charge in [0.25, 0.3) is 0 Å². The summed E-state index contributed by atoms with van der Waals surface area (Å²) in [6.45, 7) is 4.20. The van der Waals surface area contributed by atoms with E-state index in [9.17, 15) is 9.18 Å². The molecule has 1 aromatic heterocycles. The standard InChI is InChI=1S/C14H15Cl2FN2O2/c1-3-21-13(20)4-5-19-12-6-9(16)10(17)7-11(12)18-14(19)8(2)15/h6-8H,3-5H2,1-2H3. The van der Waals surface area contributed by atoms with Gasteiger partial charge in [-0.1, -0.05) is 11.6 Å². The first-order valence-electron chi connectivity index (χ1n) is 6.59. The Bertz CT molecular complexity index is 671. The zero-order chi connectivity index (χ0) is 15.6. The molecule has 0 amide bonds. The molecule has 0 aliphatic rings. The predicted octanol–water partition coefficient (Wildman–Crippen LogP) is 4.08. The molecule has 0 fully saturated rings. The van der Waals surface area contributed by atoms with E-state index >= 15 is 0 Å². The normalized spacial score (nSPS) is 12.6. The molecule has 1 heterocycles. The zero-order valence-electron chi connectivity index (χ0n) is 11.7. The van der Waals surface area contributed by atoms with Crippen LogP contribution in [-0.4, -0.2) is 22.1 Å². The summed E-state index contributed by atoms with van der Waals surface area (Å²) >= 11 is 11.9. The Balaban J connectivity index is 2.41. The molecule has 114 valence electrons. The van der Waals surface area contributed by atoms with Crippen molar-refractivity contribution in [3.05, 3.63) is 28.8 Å². The molecule has 0 N–H and O–H groups in total. The molecule has 0 aliphatic heterocycles. The van der Waals surface area contributed by atoms with Crippen molar-refractivity contribution in [1.29, 1.82) is 0 Å². The first kappa shape index (κ1) is 16.0. The maximum atomic E-state index is 13.5. The van der Waals surface area contributed by atoms with Crippen molar-refractivity contribution in [3.63, 3.8) is 0 Å². The van der Waals surface area contributed by atoms with Crippen molar-refractivity contribution in [2.45, 2.75) is 32.2 Å². The number of carbonyl (C=O) groups is 1. The minimum absolute atomic E-state index is 0.00793. The van der Waals surface area contributed by atoms with E-state index in [1.54, 1.807) is 18.4 Å². The third-order valence-corrected chi connectivity index (χ3v) is 3.51. The van der Waals surface area contributed by atoms with Crippen LogP contribution in [0.3, 0.4) is 0 Å². The molecular weight excluding hydrogens is 318 g/mol. The number of ether oxygens (including phenoxy) is 1. The van der Waals surface area contributed by atoms with E-state index in [0.29, 0.717) is 30.0 Å². The minimum atomic E-state index is -0.534. The highest BCUT2D eigenvalue weighted by molar-refractivity contribution is 6.31. The SMILES string of the molecule is CCOC(=O)CCn1c(C(C)Cl)nc2cc(F)c(Cl)cc21. The summed E-state index contributed by atoms with van der Waals surface area (Å²) < 4.78 is 20.2. The number of alkyl halides is 1. The highest BCUT2D eigenvalue weighted by atomic mass is 35.5. The van der Waals surface area contributed by atoms with Crippen LogP contribution < -0.4 is 0 Å². The van der Waals surface area contributed by atoms with Crippen LogP contribution in [-0.2, 0) is 16.1 Å². The van der Waals surface area contributed by atoms with Gasteiger partial charge in [0.2, 0.25) is 0 Å². The second-order valence-electron chi connectivity index (χ2n) is 4.55. The average molecular weight is 333 g/mol.